The van der Waals surface area contributed by atoms with E-state index in [1.54, 1.807) is 7.11 Å². The summed E-state index contributed by atoms with van der Waals surface area (Å²) in [5.74, 6) is 6.77. The first-order chi connectivity index (χ1) is 19.4. The summed E-state index contributed by atoms with van der Waals surface area (Å²) < 4.78 is 11.4. The highest BCUT2D eigenvalue weighted by atomic mass is 35.5. The number of rotatable bonds is 9. The molecule has 1 aliphatic heterocycles. The maximum atomic E-state index is 9.71. The minimum Gasteiger partial charge on any atom is -0.497 e. The van der Waals surface area contributed by atoms with Crippen LogP contribution in [0.15, 0.2) is 66.7 Å². The molecule has 1 aliphatic rings. The first kappa shape index (κ1) is 29.2. The smallest absolute Gasteiger partial charge is 0.290 e. The van der Waals surface area contributed by atoms with E-state index in [0.29, 0.717) is 0 Å². The zero-order chi connectivity index (χ0) is 28.7. The van der Waals surface area contributed by atoms with Crippen molar-refractivity contribution in [3.63, 3.8) is 0 Å². The van der Waals surface area contributed by atoms with E-state index in [1.165, 1.54) is 16.6 Å². The summed E-state index contributed by atoms with van der Waals surface area (Å²) >= 11 is 6.35. The third kappa shape index (κ3) is 6.34. The van der Waals surface area contributed by atoms with E-state index in [-0.39, 0.29) is 32.3 Å². The van der Waals surface area contributed by atoms with Gasteiger partial charge in [-0.1, -0.05) is 30.7 Å². The molecule has 2 unspecified atom stereocenters. The zero-order valence-electron chi connectivity index (χ0n) is 22.5. The second kappa shape index (κ2) is 13.1. The highest BCUT2D eigenvalue weighted by molar-refractivity contribution is 6.31. The van der Waals surface area contributed by atoms with Crippen molar-refractivity contribution in [1.82, 2.24) is 4.98 Å². The first-order valence-corrected chi connectivity index (χ1v) is 13.2. The number of hydrogen-bond acceptors (Lipinski definition) is 7. The number of carbonyl (C=O) groups is 1. The molecule has 0 fully saturated rings. The van der Waals surface area contributed by atoms with E-state index < -0.39 is 5.41 Å². The average Bonchev–Trinajstić information content (AvgIpc) is 3.34. The molecule has 1 aromatic heterocycles. The van der Waals surface area contributed by atoms with E-state index in [2.05, 4.69) is 34.1 Å². The van der Waals surface area contributed by atoms with Gasteiger partial charge in [0.15, 0.2) is 0 Å². The van der Waals surface area contributed by atoms with E-state index >= 15 is 0 Å². The molecule has 5 N–H and O–H groups in total. The number of halogens is 1. The zero-order valence-corrected chi connectivity index (χ0v) is 23.2. The van der Waals surface area contributed by atoms with Crippen LogP contribution in [0.4, 0.5) is 5.69 Å². The summed E-state index contributed by atoms with van der Waals surface area (Å²) in [6, 6.07) is 22.3. The number of benzene rings is 3. The molecular formula is C30H34ClN3O6. The SMILES string of the molecule is COc1ccc(N2CCc3c([nH]c4ccc(Cl)cc34)C2c2ccc(OCC(C)(CO)CON)cc2)cc1.O=CO. The van der Waals surface area contributed by atoms with Crippen LogP contribution >= 0.6 is 11.6 Å². The molecule has 10 heteroatoms. The number of nitrogens with two attached hydrogens (primary N) is 1. The van der Waals surface area contributed by atoms with Crippen molar-refractivity contribution in [2.75, 3.05) is 38.4 Å². The van der Waals surface area contributed by atoms with Crippen LogP contribution in [0.1, 0.15) is 29.8 Å². The summed E-state index contributed by atoms with van der Waals surface area (Å²) in [7, 11) is 1.68. The molecule has 0 radical (unpaired) electrons. The topological polar surface area (TPSA) is 130 Å². The summed E-state index contributed by atoms with van der Waals surface area (Å²) in [4.78, 5) is 19.2. The number of nitrogens with zero attached hydrogens (tertiary/aromatic N) is 1. The molecule has 9 nitrogen and oxygen atoms in total. The van der Waals surface area contributed by atoms with Gasteiger partial charge in [0.1, 0.15) is 11.5 Å². The van der Waals surface area contributed by atoms with Crippen molar-refractivity contribution < 1.29 is 29.3 Å². The van der Waals surface area contributed by atoms with Gasteiger partial charge in [-0.15, -0.1) is 0 Å². The molecule has 4 aromatic rings. The van der Waals surface area contributed by atoms with Gasteiger partial charge in [-0.05, 0) is 72.1 Å². The van der Waals surface area contributed by atoms with Gasteiger partial charge in [-0.25, -0.2) is 5.90 Å². The lowest BCUT2D eigenvalue weighted by atomic mass is 9.91. The second-order valence-electron chi connectivity index (χ2n) is 9.99. The summed E-state index contributed by atoms with van der Waals surface area (Å²) in [6.07, 6.45) is 0.905. The lowest BCUT2D eigenvalue weighted by Crippen LogP contribution is -2.36. The third-order valence-corrected chi connectivity index (χ3v) is 7.32. The number of anilines is 1. The molecule has 40 heavy (non-hydrogen) atoms. The van der Waals surface area contributed by atoms with E-state index in [1.807, 2.05) is 49.4 Å². The number of H-pyrrole nitrogens is 1. The van der Waals surface area contributed by atoms with Gasteiger partial charge in [0.05, 0.1) is 38.4 Å². The van der Waals surface area contributed by atoms with Crippen LogP contribution in [0.3, 0.4) is 0 Å². The monoisotopic (exact) mass is 567 g/mol. The minimum absolute atomic E-state index is 0.0225. The van der Waals surface area contributed by atoms with Crippen LogP contribution in [0.5, 0.6) is 11.5 Å². The molecule has 2 heterocycles. The third-order valence-electron chi connectivity index (χ3n) is 7.09. The van der Waals surface area contributed by atoms with Crippen molar-refractivity contribution in [2.24, 2.45) is 11.3 Å². The number of aromatic nitrogens is 1. The van der Waals surface area contributed by atoms with Crippen molar-refractivity contribution in [2.45, 2.75) is 19.4 Å². The molecule has 212 valence electrons. The van der Waals surface area contributed by atoms with E-state index in [0.717, 1.165) is 46.3 Å². The maximum Gasteiger partial charge on any atom is 0.290 e. The van der Waals surface area contributed by atoms with E-state index in [9.17, 15) is 5.11 Å². The molecule has 3 aromatic carbocycles. The van der Waals surface area contributed by atoms with Gasteiger partial charge >= 0.3 is 0 Å². The van der Waals surface area contributed by atoms with Crippen molar-refractivity contribution in [3.8, 4) is 11.5 Å². The van der Waals surface area contributed by atoms with Crippen LogP contribution in [-0.2, 0) is 16.1 Å². The molecule has 0 bridgehead atoms. The molecular weight excluding hydrogens is 534 g/mol. The Morgan fingerprint density at radius 1 is 1.10 bits per heavy atom. The molecule has 2 atom stereocenters. The van der Waals surface area contributed by atoms with Crippen LogP contribution in [0.25, 0.3) is 10.9 Å². The number of hydrogen-bond donors (Lipinski definition) is 4. The fraction of sp³-hybridized carbons (Fsp3) is 0.300. The Bertz CT molecular complexity index is 1410. The Hall–Kier alpha value is -3.76. The van der Waals surface area contributed by atoms with Crippen molar-refractivity contribution in [1.29, 1.82) is 0 Å². The number of carboxylic acid groups (broad SMARTS) is 1. The minimum atomic E-state index is -0.581. The van der Waals surface area contributed by atoms with Gasteiger partial charge in [0, 0.05) is 33.9 Å². The Labute approximate surface area is 238 Å². The van der Waals surface area contributed by atoms with Gasteiger partial charge in [0.25, 0.3) is 6.47 Å². The van der Waals surface area contributed by atoms with Gasteiger partial charge in [0.2, 0.25) is 0 Å². The first-order valence-electron chi connectivity index (χ1n) is 12.8. The number of fused-ring (bicyclic) bond motifs is 3. The lowest BCUT2D eigenvalue weighted by Gasteiger charge is -2.38. The predicted molar refractivity (Wildman–Crippen MR) is 155 cm³/mol. The number of methoxy groups -OCH3 is 1. The molecule has 5 rings (SSSR count). The summed E-state index contributed by atoms with van der Waals surface area (Å²) in [6.45, 7) is 2.87. The molecule has 0 saturated carbocycles. The summed E-state index contributed by atoms with van der Waals surface area (Å²) in [5, 5.41) is 18.5. The molecule has 0 saturated heterocycles. The number of ether oxygens (including phenoxy) is 2. The lowest BCUT2D eigenvalue weighted by molar-refractivity contribution is -0.122. The standard InChI is InChI=1S/C29H32ClN3O4.CH2O2/c1-29(16-34,18-37-31)17-36-23-8-3-19(4-9-23)28-27-24(25-15-20(30)5-12-26(25)32-27)13-14-33(28)21-6-10-22(35-2)11-7-21;2-1-3/h3-12,15,28,32,34H,13-14,16-18,31H2,1-2H3;1H,(H,2,3). The Kier molecular flexibility index (Phi) is 9.54. The average molecular weight is 568 g/mol. The van der Waals surface area contributed by atoms with Crippen molar-refractivity contribution in [3.05, 3.63) is 88.6 Å². The van der Waals surface area contributed by atoms with Gasteiger partial charge in [-0.2, -0.15) is 0 Å². The number of nitrogens with one attached hydrogen (secondary N) is 1. The van der Waals surface area contributed by atoms with Gasteiger partial charge in [-0.3, -0.25) is 4.79 Å². The summed E-state index contributed by atoms with van der Waals surface area (Å²) in [5.41, 5.74) is 5.23. The number of aromatic amines is 1. The van der Waals surface area contributed by atoms with Gasteiger partial charge < -0.3 is 34.4 Å². The van der Waals surface area contributed by atoms with Crippen molar-refractivity contribution >= 4 is 34.7 Å². The highest BCUT2D eigenvalue weighted by Gasteiger charge is 2.32. The predicted octanol–water partition coefficient (Wildman–Crippen LogP) is 4.95. The molecule has 0 amide bonds. The van der Waals surface area contributed by atoms with Crippen LogP contribution < -0.4 is 20.3 Å². The normalized spacial score (nSPS) is 15.9. The highest BCUT2D eigenvalue weighted by Crippen LogP contribution is 2.42. The Morgan fingerprint density at radius 3 is 2.40 bits per heavy atom. The second-order valence-corrected chi connectivity index (χ2v) is 10.4. The quantitative estimate of drug-likeness (QED) is 0.165. The largest absolute Gasteiger partial charge is 0.497 e. The molecule has 0 spiro atoms. The Balaban J connectivity index is 0.00000118. The molecule has 0 aliphatic carbocycles. The number of aliphatic hydroxyl groups excluding tert-OH is 1. The number of aliphatic hydroxyl groups is 1. The fourth-order valence-corrected chi connectivity index (χ4v) is 5.17. The fourth-order valence-electron chi connectivity index (χ4n) is 5.00. The Morgan fingerprint density at radius 2 is 1.77 bits per heavy atom. The van der Waals surface area contributed by atoms with Crippen LogP contribution in [-0.4, -0.2) is 55.1 Å². The maximum absolute atomic E-state index is 9.71. The van der Waals surface area contributed by atoms with E-state index in [4.69, 9.17) is 41.7 Å². The van der Waals surface area contributed by atoms with Crippen LogP contribution in [0, 0.1) is 5.41 Å². The van der Waals surface area contributed by atoms with Crippen LogP contribution in [0.2, 0.25) is 5.02 Å².